The lowest BCUT2D eigenvalue weighted by Crippen LogP contribution is -2.49. The number of nitrogens with two attached hydrogens (primary N) is 1. The summed E-state index contributed by atoms with van der Waals surface area (Å²) in [6, 6.07) is 0.200. The fourth-order valence-electron chi connectivity index (χ4n) is 3.13. The molecule has 1 saturated carbocycles. The molecule has 2 atom stereocenters. The van der Waals surface area contributed by atoms with E-state index in [1.165, 1.54) is 6.42 Å². The molecule has 0 aromatic carbocycles. The van der Waals surface area contributed by atoms with E-state index >= 15 is 0 Å². The molecule has 1 aliphatic carbocycles. The van der Waals surface area contributed by atoms with Crippen LogP contribution in [0.25, 0.3) is 0 Å². The van der Waals surface area contributed by atoms with Gasteiger partial charge in [0.05, 0.1) is 6.54 Å². The van der Waals surface area contributed by atoms with Gasteiger partial charge in [-0.1, -0.05) is 12.8 Å². The predicted molar refractivity (Wildman–Crippen MR) is 73.4 cm³/mol. The highest BCUT2D eigenvalue weighted by Gasteiger charge is 2.27. The molecule has 0 spiro atoms. The first kappa shape index (κ1) is 14.3. The third-order valence-electron chi connectivity index (χ3n) is 4.31. The van der Waals surface area contributed by atoms with Crippen molar-refractivity contribution in [2.75, 3.05) is 19.6 Å². The molecule has 2 unspecified atom stereocenters. The van der Waals surface area contributed by atoms with Gasteiger partial charge in [-0.3, -0.25) is 9.59 Å². The highest BCUT2D eigenvalue weighted by atomic mass is 16.2. The second-order valence-corrected chi connectivity index (χ2v) is 5.73. The van der Waals surface area contributed by atoms with Crippen LogP contribution >= 0.6 is 0 Å². The van der Waals surface area contributed by atoms with Gasteiger partial charge in [-0.25, -0.2) is 0 Å². The SMILES string of the molecule is NCC1CCCCC1NC(=O)CN1CCCCC1=O. The number of nitrogens with one attached hydrogen (secondary N) is 1. The molecular formula is C14H25N3O2. The van der Waals surface area contributed by atoms with Crippen LogP contribution in [0.5, 0.6) is 0 Å². The number of likely N-dealkylation sites (tertiary alicyclic amines) is 1. The number of hydrogen-bond donors (Lipinski definition) is 2. The van der Waals surface area contributed by atoms with Crippen molar-refractivity contribution >= 4 is 11.8 Å². The van der Waals surface area contributed by atoms with Crippen LogP contribution in [-0.2, 0) is 9.59 Å². The summed E-state index contributed by atoms with van der Waals surface area (Å²) in [5.41, 5.74) is 5.76. The van der Waals surface area contributed by atoms with Crippen molar-refractivity contribution in [1.82, 2.24) is 10.2 Å². The Kier molecular flexibility index (Phi) is 5.19. The highest BCUT2D eigenvalue weighted by Crippen LogP contribution is 2.23. The van der Waals surface area contributed by atoms with Crippen molar-refractivity contribution in [2.45, 2.75) is 51.0 Å². The summed E-state index contributed by atoms with van der Waals surface area (Å²) in [6.07, 6.45) is 7.03. The van der Waals surface area contributed by atoms with E-state index in [2.05, 4.69) is 5.32 Å². The summed E-state index contributed by atoms with van der Waals surface area (Å²) in [4.78, 5) is 25.4. The van der Waals surface area contributed by atoms with Gasteiger partial charge in [0.2, 0.25) is 11.8 Å². The van der Waals surface area contributed by atoms with Crippen LogP contribution in [0.4, 0.5) is 0 Å². The Labute approximate surface area is 114 Å². The van der Waals surface area contributed by atoms with Crippen molar-refractivity contribution in [3.8, 4) is 0 Å². The molecule has 2 fully saturated rings. The maximum absolute atomic E-state index is 12.0. The number of amides is 2. The van der Waals surface area contributed by atoms with Crippen molar-refractivity contribution in [1.29, 1.82) is 0 Å². The molecule has 0 aromatic heterocycles. The normalized spacial score (nSPS) is 28.3. The third kappa shape index (κ3) is 3.93. The van der Waals surface area contributed by atoms with E-state index in [0.717, 1.165) is 38.6 Å². The summed E-state index contributed by atoms with van der Waals surface area (Å²) in [5.74, 6) is 0.482. The second kappa shape index (κ2) is 6.89. The van der Waals surface area contributed by atoms with Crippen LogP contribution < -0.4 is 11.1 Å². The van der Waals surface area contributed by atoms with E-state index in [-0.39, 0.29) is 24.4 Å². The molecule has 108 valence electrons. The summed E-state index contributed by atoms with van der Waals surface area (Å²) >= 11 is 0. The van der Waals surface area contributed by atoms with Crippen LogP contribution in [0.2, 0.25) is 0 Å². The van der Waals surface area contributed by atoms with Gasteiger partial charge in [-0.2, -0.15) is 0 Å². The number of carbonyl (C=O) groups excluding carboxylic acids is 2. The Morgan fingerprint density at radius 1 is 1.26 bits per heavy atom. The molecule has 0 radical (unpaired) electrons. The number of piperidine rings is 1. The van der Waals surface area contributed by atoms with Gasteiger partial charge in [0.25, 0.3) is 0 Å². The molecule has 3 N–H and O–H groups in total. The van der Waals surface area contributed by atoms with Crippen LogP contribution in [0.1, 0.15) is 44.9 Å². The first-order chi connectivity index (χ1) is 9.20. The zero-order valence-corrected chi connectivity index (χ0v) is 11.6. The van der Waals surface area contributed by atoms with Crippen molar-refractivity contribution in [3.63, 3.8) is 0 Å². The van der Waals surface area contributed by atoms with Crippen LogP contribution in [0.3, 0.4) is 0 Å². The fraction of sp³-hybridized carbons (Fsp3) is 0.857. The molecular weight excluding hydrogens is 242 g/mol. The van der Waals surface area contributed by atoms with Gasteiger partial charge < -0.3 is 16.0 Å². The quantitative estimate of drug-likeness (QED) is 0.784. The van der Waals surface area contributed by atoms with Gasteiger partial charge in [0.1, 0.15) is 0 Å². The van der Waals surface area contributed by atoms with Gasteiger partial charge in [0, 0.05) is 19.0 Å². The highest BCUT2D eigenvalue weighted by molar-refractivity contribution is 5.85. The van der Waals surface area contributed by atoms with E-state index in [4.69, 9.17) is 5.73 Å². The Morgan fingerprint density at radius 3 is 2.79 bits per heavy atom. The third-order valence-corrected chi connectivity index (χ3v) is 4.31. The zero-order chi connectivity index (χ0) is 13.7. The number of rotatable bonds is 4. The maximum Gasteiger partial charge on any atom is 0.239 e. The molecule has 0 aromatic rings. The monoisotopic (exact) mass is 267 g/mol. The predicted octanol–water partition coefficient (Wildman–Crippen LogP) is 0.633. The van der Waals surface area contributed by atoms with Crippen LogP contribution in [0, 0.1) is 5.92 Å². The zero-order valence-electron chi connectivity index (χ0n) is 11.6. The molecule has 0 bridgehead atoms. The van der Waals surface area contributed by atoms with Gasteiger partial charge >= 0.3 is 0 Å². The van der Waals surface area contributed by atoms with Gasteiger partial charge in [0.15, 0.2) is 0 Å². The Bertz CT molecular complexity index is 333. The van der Waals surface area contributed by atoms with E-state index in [1.807, 2.05) is 0 Å². The summed E-state index contributed by atoms with van der Waals surface area (Å²) in [7, 11) is 0. The van der Waals surface area contributed by atoms with Crippen LogP contribution in [-0.4, -0.2) is 42.4 Å². The molecule has 2 aliphatic rings. The molecule has 5 nitrogen and oxygen atoms in total. The average Bonchev–Trinajstić information content (AvgIpc) is 2.42. The number of carbonyl (C=O) groups is 2. The van der Waals surface area contributed by atoms with E-state index in [0.29, 0.717) is 18.9 Å². The number of nitrogens with zero attached hydrogens (tertiary/aromatic N) is 1. The minimum Gasteiger partial charge on any atom is -0.352 e. The standard InChI is InChI=1S/C14H25N3O2/c15-9-11-5-1-2-6-12(11)16-13(18)10-17-8-4-3-7-14(17)19/h11-12H,1-10,15H2,(H,16,18). The van der Waals surface area contributed by atoms with E-state index < -0.39 is 0 Å². The minimum absolute atomic E-state index is 0.0272. The van der Waals surface area contributed by atoms with Crippen molar-refractivity contribution < 1.29 is 9.59 Å². The van der Waals surface area contributed by atoms with Crippen molar-refractivity contribution in [3.05, 3.63) is 0 Å². The lowest BCUT2D eigenvalue weighted by molar-refractivity contribution is -0.138. The second-order valence-electron chi connectivity index (χ2n) is 5.73. The molecule has 1 saturated heterocycles. The molecule has 5 heteroatoms. The summed E-state index contributed by atoms with van der Waals surface area (Å²) in [5, 5.41) is 3.07. The van der Waals surface area contributed by atoms with E-state index in [9.17, 15) is 9.59 Å². The lowest BCUT2D eigenvalue weighted by Gasteiger charge is -2.32. The van der Waals surface area contributed by atoms with Gasteiger partial charge in [-0.15, -0.1) is 0 Å². The maximum atomic E-state index is 12.0. The first-order valence-corrected chi connectivity index (χ1v) is 7.48. The summed E-state index contributed by atoms with van der Waals surface area (Å²) < 4.78 is 0. The van der Waals surface area contributed by atoms with Crippen LogP contribution in [0.15, 0.2) is 0 Å². The van der Waals surface area contributed by atoms with Crippen molar-refractivity contribution in [2.24, 2.45) is 11.7 Å². The first-order valence-electron chi connectivity index (χ1n) is 7.48. The average molecular weight is 267 g/mol. The smallest absolute Gasteiger partial charge is 0.239 e. The molecule has 19 heavy (non-hydrogen) atoms. The Balaban J connectivity index is 1.81. The minimum atomic E-state index is -0.0272. The Morgan fingerprint density at radius 2 is 2.05 bits per heavy atom. The topological polar surface area (TPSA) is 75.4 Å². The van der Waals surface area contributed by atoms with Gasteiger partial charge in [-0.05, 0) is 38.1 Å². The molecule has 2 rings (SSSR count). The van der Waals surface area contributed by atoms with E-state index in [1.54, 1.807) is 4.90 Å². The summed E-state index contributed by atoms with van der Waals surface area (Å²) in [6.45, 7) is 1.57. The molecule has 1 heterocycles. The largest absolute Gasteiger partial charge is 0.352 e. The lowest BCUT2D eigenvalue weighted by atomic mass is 9.84. The Hall–Kier alpha value is -1.10. The molecule has 1 aliphatic heterocycles. The number of hydrogen-bond acceptors (Lipinski definition) is 3. The fourth-order valence-corrected chi connectivity index (χ4v) is 3.13. The molecule has 2 amide bonds.